The Bertz CT molecular complexity index is 3990. The first-order chi connectivity index (χ1) is 34.5. The Hall–Kier alpha value is -8.72. The predicted octanol–water partition coefficient (Wildman–Crippen LogP) is 18.2. The zero-order chi connectivity index (χ0) is 46.6. The fourth-order valence-electron chi connectivity index (χ4n) is 12.4. The van der Waals surface area contributed by atoms with Crippen LogP contribution in [0.5, 0.6) is 0 Å². The molecule has 0 fully saturated rings. The minimum Gasteiger partial charge on any atom is -0.455 e. The van der Waals surface area contributed by atoms with Crippen molar-refractivity contribution in [1.82, 2.24) is 0 Å². The van der Waals surface area contributed by atoms with Gasteiger partial charge in [0.2, 0.25) is 0 Å². The molecule has 0 spiro atoms. The Morgan fingerprint density at radius 1 is 0.357 bits per heavy atom. The molecule has 2 heteroatoms. The van der Waals surface area contributed by atoms with Crippen molar-refractivity contribution >= 4 is 49.8 Å². The molecule has 14 rings (SSSR count). The first kappa shape index (κ1) is 40.4. The summed E-state index contributed by atoms with van der Waals surface area (Å²) >= 11 is 0. The normalized spacial score (nSPS) is 13.8. The van der Waals surface area contributed by atoms with Gasteiger partial charge in [-0.1, -0.05) is 220 Å². The third kappa shape index (κ3) is 5.74. The number of benzene rings is 11. The molecule has 2 aliphatic rings. The zero-order valence-corrected chi connectivity index (χ0v) is 39.0. The summed E-state index contributed by atoms with van der Waals surface area (Å²) in [6.07, 6.45) is 0. The molecule has 1 heterocycles. The number of furan rings is 1. The second kappa shape index (κ2) is 15.4. The van der Waals surface area contributed by atoms with Gasteiger partial charge in [0.05, 0.1) is 16.8 Å². The summed E-state index contributed by atoms with van der Waals surface area (Å²) in [7, 11) is 0. The van der Waals surface area contributed by atoms with Gasteiger partial charge in [-0.2, -0.15) is 0 Å². The molecule has 2 aliphatic carbocycles. The van der Waals surface area contributed by atoms with Crippen molar-refractivity contribution in [3.8, 4) is 44.5 Å². The van der Waals surface area contributed by atoms with E-state index < -0.39 is 5.41 Å². The molecule has 0 saturated heterocycles. The van der Waals surface area contributed by atoms with E-state index in [1.54, 1.807) is 0 Å². The molecule has 330 valence electrons. The molecule has 0 bridgehead atoms. The highest BCUT2D eigenvalue weighted by molar-refractivity contribution is 6.20. The van der Waals surface area contributed by atoms with Crippen molar-refractivity contribution in [3.63, 3.8) is 0 Å². The van der Waals surface area contributed by atoms with Gasteiger partial charge in [-0.15, -0.1) is 0 Å². The monoisotopic (exact) mass is 893 g/mol. The summed E-state index contributed by atoms with van der Waals surface area (Å²) in [6, 6.07) is 92.1. The van der Waals surface area contributed by atoms with E-state index in [1.807, 2.05) is 0 Å². The van der Waals surface area contributed by atoms with Crippen LogP contribution < -0.4 is 4.90 Å². The van der Waals surface area contributed by atoms with E-state index >= 15 is 0 Å². The number of nitrogens with zero attached hydrogens (tertiary/aromatic N) is 1. The van der Waals surface area contributed by atoms with Gasteiger partial charge in [0, 0.05) is 38.4 Å². The van der Waals surface area contributed by atoms with Crippen LogP contribution in [-0.2, 0) is 10.8 Å². The lowest BCUT2D eigenvalue weighted by molar-refractivity contribution is 0.660. The van der Waals surface area contributed by atoms with Crippen LogP contribution in [0.2, 0.25) is 0 Å². The maximum atomic E-state index is 6.85. The minimum atomic E-state index is -0.602. The smallest absolute Gasteiger partial charge is 0.143 e. The zero-order valence-electron chi connectivity index (χ0n) is 39.0. The highest BCUT2D eigenvalue weighted by Crippen LogP contribution is 2.60. The molecule has 0 radical (unpaired) electrons. The van der Waals surface area contributed by atoms with Crippen molar-refractivity contribution in [2.45, 2.75) is 24.7 Å². The van der Waals surface area contributed by atoms with E-state index in [1.165, 1.54) is 55.6 Å². The molecule has 0 aliphatic heterocycles. The summed E-state index contributed by atoms with van der Waals surface area (Å²) in [5.74, 6) is 0. The maximum Gasteiger partial charge on any atom is 0.143 e. The Kier molecular flexibility index (Phi) is 8.88. The molecule has 70 heavy (non-hydrogen) atoms. The number of para-hydroxylation sites is 1. The van der Waals surface area contributed by atoms with E-state index in [9.17, 15) is 0 Å². The van der Waals surface area contributed by atoms with Crippen LogP contribution in [0.4, 0.5) is 17.1 Å². The third-order valence-electron chi connectivity index (χ3n) is 15.5. The molecule has 11 aromatic carbocycles. The molecule has 1 aromatic heterocycles. The summed E-state index contributed by atoms with van der Waals surface area (Å²) in [5, 5.41) is 4.50. The average Bonchev–Trinajstić information content (AvgIpc) is 4.03. The Morgan fingerprint density at radius 3 is 1.71 bits per heavy atom. The number of anilines is 3. The molecule has 2 nitrogen and oxygen atoms in total. The van der Waals surface area contributed by atoms with Crippen LogP contribution >= 0.6 is 0 Å². The van der Waals surface area contributed by atoms with Crippen molar-refractivity contribution in [2.75, 3.05) is 4.90 Å². The molecule has 0 saturated carbocycles. The van der Waals surface area contributed by atoms with Crippen LogP contribution in [-0.4, -0.2) is 0 Å². The maximum absolute atomic E-state index is 6.85. The second-order valence-electron chi connectivity index (χ2n) is 19.5. The van der Waals surface area contributed by atoms with E-state index in [2.05, 4.69) is 267 Å². The topological polar surface area (TPSA) is 16.4 Å². The van der Waals surface area contributed by atoms with Crippen molar-refractivity contribution in [1.29, 1.82) is 0 Å². The first-order valence-electron chi connectivity index (χ1n) is 24.4. The minimum absolute atomic E-state index is 0.213. The van der Waals surface area contributed by atoms with Gasteiger partial charge in [0.15, 0.2) is 0 Å². The predicted molar refractivity (Wildman–Crippen MR) is 292 cm³/mol. The fourth-order valence-corrected chi connectivity index (χ4v) is 12.4. The third-order valence-corrected chi connectivity index (χ3v) is 15.5. The Balaban J connectivity index is 1.11. The Morgan fingerprint density at radius 2 is 0.957 bits per heavy atom. The molecule has 0 amide bonds. The molecule has 12 aromatic rings. The summed E-state index contributed by atoms with van der Waals surface area (Å²) in [5.41, 5.74) is 21.6. The quantitative estimate of drug-likeness (QED) is 0.158. The standard InChI is InChI=1S/C68H47NO/c1-67(2)58-33-17-14-29-50(58)52-40-38-48(41-60(52)67)69(62-35-19-16-31-53(62)54-32-20-36-64-65(54)55-39-37-45-23-12-13-28-49(45)66(55)70-64)63-43-61-57(42-56(63)44-21-6-3-7-22-44)51-30-15-18-34-59(51)68(61,46-24-8-4-9-25-46)47-26-10-5-11-27-47/h3-43H,1-2H3. The lowest BCUT2D eigenvalue weighted by atomic mass is 9.67. The summed E-state index contributed by atoms with van der Waals surface area (Å²) in [6.45, 7) is 4.76. The second-order valence-corrected chi connectivity index (χ2v) is 19.5. The van der Waals surface area contributed by atoms with Crippen molar-refractivity contribution in [3.05, 3.63) is 282 Å². The van der Waals surface area contributed by atoms with Crippen LogP contribution in [0.15, 0.2) is 253 Å². The van der Waals surface area contributed by atoms with E-state index in [0.717, 1.165) is 72.0 Å². The highest BCUT2D eigenvalue weighted by Gasteiger charge is 2.47. The molecule has 0 atom stereocenters. The van der Waals surface area contributed by atoms with E-state index in [0.29, 0.717) is 0 Å². The molecular formula is C68H47NO. The van der Waals surface area contributed by atoms with Gasteiger partial charge in [0.1, 0.15) is 11.2 Å². The van der Waals surface area contributed by atoms with E-state index in [4.69, 9.17) is 4.42 Å². The van der Waals surface area contributed by atoms with Crippen LogP contribution in [0.25, 0.3) is 77.2 Å². The van der Waals surface area contributed by atoms with Gasteiger partial charge in [-0.3, -0.25) is 0 Å². The van der Waals surface area contributed by atoms with E-state index in [-0.39, 0.29) is 5.41 Å². The number of fused-ring (bicyclic) bond motifs is 11. The van der Waals surface area contributed by atoms with Crippen LogP contribution in [0.1, 0.15) is 47.2 Å². The number of hydrogen-bond donors (Lipinski definition) is 0. The van der Waals surface area contributed by atoms with Gasteiger partial charge in [-0.25, -0.2) is 0 Å². The Labute approximate surface area is 408 Å². The summed E-state index contributed by atoms with van der Waals surface area (Å²) in [4.78, 5) is 2.57. The molecule has 0 N–H and O–H groups in total. The average molecular weight is 894 g/mol. The van der Waals surface area contributed by atoms with Crippen molar-refractivity contribution < 1.29 is 4.42 Å². The lowest BCUT2D eigenvalue weighted by Gasteiger charge is -2.36. The van der Waals surface area contributed by atoms with Gasteiger partial charge < -0.3 is 9.32 Å². The lowest BCUT2D eigenvalue weighted by Crippen LogP contribution is -2.28. The van der Waals surface area contributed by atoms with Gasteiger partial charge in [0.25, 0.3) is 0 Å². The number of hydrogen-bond acceptors (Lipinski definition) is 2. The SMILES string of the molecule is CC1(C)c2ccccc2-c2ccc(N(c3cc4c(cc3-c3ccccc3)-c3ccccc3C4(c3ccccc3)c3ccccc3)c3ccccc3-c3cccc4oc5c6ccccc6ccc5c34)cc21. The van der Waals surface area contributed by atoms with Crippen LogP contribution in [0, 0.1) is 0 Å². The first-order valence-corrected chi connectivity index (χ1v) is 24.4. The molecular weight excluding hydrogens is 847 g/mol. The number of rotatable bonds is 7. The molecule has 0 unspecified atom stereocenters. The van der Waals surface area contributed by atoms with Crippen molar-refractivity contribution in [2.24, 2.45) is 0 Å². The summed E-state index contributed by atoms with van der Waals surface area (Å²) < 4.78 is 6.85. The largest absolute Gasteiger partial charge is 0.455 e. The van der Waals surface area contributed by atoms with Gasteiger partial charge >= 0.3 is 0 Å². The fraction of sp³-hybridized carbons (Fsp3) is 0.0588. The van der Waals surface area contributed by atoms with Crippen LogP contribution in [0.3, 0.4) is 0 Å². The van der Waals surface area contributed by atoms with Gasteiger partial charge in [-0.05, 0) is 115 Å². The highest BCUT2D eigenvalue weighted by atomic mass is 16.3.